The van der Waals surface area contributed by atoms with E-state index < -0.39 is 0 Å². The van der Waals surface area contributed by atoms with E-state index in [1.807, 2.05) is 107 Å². The van der Waals surface area contributed by atoms with Gasteiger partial charge in [-0.2, -0.15) is 0 Å². The maximum absolute atomic E-state index is 12.9. The molecule has 12 rings (SSSR count). The van der Waals surface area contributed by atoms with Gasteiger partial charge >= 0.3 is 0 Å². The maximum Gasteiger partial charge on any atom is 0.137 e. The molecule has 0 unspecified atom stereocenters. The van der Waals surface area contributed by atoms with Crippen molar-refractivity contribution in [3.63, 3.8) is 0 Å². The Bertz CT molecular complexity index is 3100. The second-order valence-electron chi connectivity index (χ2n) is 15.3. The first-order valence-corrected chi connectivity index (χ1v) is 23.1. The van der Waals surface area contributed by atoms with Gasteiger partial charge in [0.25, 0.3) is 0 Å². The Balaban J connectivity index is 0.000000130. The minimum absolute atomic E-state index is 0.171. The van der Waals surface area contributed by atoms with Gasteiger partial charge in [0.2, 0.25) is 0 Å². The second-order valence-corrected chi connectivity index (χ2v) is 18.5. The molecular weight excluding hydrogens is 907 g/mol. The van der Waals surface area contributed by atoms with Crippen molar-refractivity contribution in [1.82, 2.24) is 4.98 Å². The summed E-state index contributed by atoms with van der Waals surface area (Å²) in [5, 5.41) is 5.00. The highest BCUT2D eigenvalue weighted by Crippen LogP contribution is 2.25. The van der Waals surface area contributed by atoms with E-state index in [2.05, 4.69) is 42.2 Å². The van der Waals surface area contributed by atoms with E-state index in [-0.39, 0.29) is 17.5 Å². The van der Waals surface area contributed by atoms with Crippen LogP contribution >= 0.6 is 34.3 Å². The topological polar surface area (TPSA) is 65.5 Å². The summed E-state index contributed by atoms with van der Waals surface area (Å²) in [5.41, 5.74) is 4.32. The molecule has 0 fully saturated rings. The molecular formula is C56H49ClF3NO4S2. The maximum atomic E-state index is 12.9. The summed E-state index contributed by atoms with van der Waals surface area (Å²) in [6.07, 6.45) is 3.52. The van der Waals surface area contributed by atoms with Crippen molar-refractivity contribution >= 4 is 88.2 Å². The lowest BCUT2D eigenvalue weighted by Crippen LogP contribution is -1.71. The number of furan rings is 4. The normalized spacial score (nSPS) is 10.3. The van der Waals surface area contributed by atoms with Crippen LogP contribution in [0.2, 0.25) is 4.34 Å². The van der Waals surface area contributed by atoms with Crippen molar-refractivity contribution in [3.8, 4) is 0 Å². The summed E-state index contributed by atoms with van der Waals surface area (Å²) in [7, 11) is 0. The molecule has 0 atom stereocenters. The lowest BCUT2D eigenvalue weighted by molar-refractivity contribution is 0.576. The van der Waals surface area contributed by atoms with Crippen LogP contribution in [0.1, 0.15) is 38.4 Å². The Labute approximate surface area is 400 Å². The molecule has 7 aromatic heterocycles. The van der Waals surface area contributed by atoms with Gasteiger partial charge in [0, 0.05) is 43.0 Å². The molecule has 0 aliphatic heterocycles. The Hall–Kier alpha value is -6.85. The molecule has 5 aromatic carbocycles. The van der Waals surface area contributed by atoms with Gasteiger partial charge in [0.1, 0.15) is 62.8 Å². The number of hydrogen-bond donors (Lipinski definition) is 0. The van der Waals surface area contributed by atoms with E-state index in [1.165, 1.54) is 55.6 Å². The zero-order chi connectivity index (χ0) is 47.9. The van der Waals surface area contributed by atoms with Crippen LogP contribution in [0.25, 0.3) is 54.0 Å². The molecule has 0 aliphatic carbocycles. The number of aryl methyl sites for hydroxylation is 7. The molecule has 0 saturated heterocycles. The number of hydrogen-bond acceptors (Lipinski definition) is 7. The van der Waals surface area contributed by atoms with E-state index in [4.69, 9.17) is 29.3 Å². The number of nitrogens with zero attached hydrogens (tertiary/aromatic N) is 1. The lowest BCUT2D eigenvalue weighted by Gasteiger charge is -1.87. The smallest absolute Gasteiger partial charge is 0.137 e. The van der Waals surface area contributed by atoms with Crippen LogP contribution in [0.3, 0.4) is 0 Å². The number of halogens is 4. The summed E-state index contributed by atoms with van der Waals surface area (Å²) in [6.45, 7) is 13.7. The lowest BCUT2D eigenvalue weighted by atomic mass is 10.2. The van der Waals surface area contributed by atoms with E-state index in [1.54, 1.807) is 67.1 Å². The Morgan fingerprint density at radius 2 is 1.00 bits per heavy atom. The first kappa shape index (κ1) is 49.6. The van der Waals surface area contributed by atoms with Gasteiger partial charge in [-0.25, -0.2) is 13.2 Å². The zero-order valence-electron chi connectivity index (χ0n) is 38.1. The predicted molar refractivity (Wildman–Crippen MR) is 273 cm³/mol. The fraction of sp³-hybridized carbons (Fsp3) is 0.125. The summed E-state index contributed by atoms with van der Waals surface area (Å²) in [4.78, 5) is 6.62. The molecule has 0 aliphatic rings. The molecule has 12 aromatic rings. The first-order valence-electron chi connectivity index (χ1n) is 21.1. The highest BCUT2D eigenvalue weighted by atomic mass is 35.5. The number of fused-ring (bicyclic) bond motifs is 5. The molecule has 5 nitrogen and oxygen atoms in total. The molecule has 342 valence electrons. The van der Waals surface area contributed by atoms with Crippen molar-refractivity contribution in [2.45, 2.75) is 48.5 Å². The Morgan fingerprint density at radius 1 is 0.433 bits per heavy atom. The van der Waals surface area contributed by atoms with Gasteiger partial charge in [0.15, 0.2) is 0 Å². The predicted octanol–water partition coefficient (Wildman–Crippen LogP) is 18.7. The minimum Gasteiger partial charge on any atom is -0.461 e. The van der Waals surface area contributed by atoms with Crippen LogP contribution in [0.4, 0.5) is 13.2 Å². The quantitative estimate of drug-likeness (QED) is 0.152. The van der Waals surface area contributed by atoms with Crippen molar-refractivity contribution in [2.75, 3.05) is 0 Å². The van der Waals surface area contributed by atoms with Crippen molar-refractivity contribution in [3.05, 3.63) is 230 Å². The van der Waals surface area contributed by atoms with Crippen molar-refractivity contribution in [2.24, 2.45) is 0 Å². The zero-order valence-corrected chi connectivity index (χ0v) is 40.5. The average Bonchev–Trinajstić information content (AvgIpc) is 4.17. The van der Waals surface area contributed by atoms with E-state index in [0.717, 1.165) is 60.5 Å². The van der Waals surface area contributed by atoms with Gasteiger partial charge in [-0.3, -0.25) is 4.98 Å². The Kier molecular flexibility index (Phi) is 17.8. The van der Waals surface area contributed by atoms with Crippen LogP contribution in [0.5, 0.6) is 0 Å². The number of para-hydroxylation sites is 1. The number of benzene rings is 5. The number of pyridine rings is 1. The monoisotopic (exact) mass is 955 g/mol. The minimum atomic E-state index is -0.224. The second kappa shape index (κ2) is 24.1. The molecule has 0 spiro atoms. The summed E-state index contributed by atoms with van der Waals surface area (Å²) in [6, 6.07) is 47.7. The van der Waals surface area contributed by atoms with Crippen LogP contribution in [-0.2, 0) is 0 Å². The summed E-state index contributed by atoms with van der Waals surface area (Å²) in [5.74, 6) is 2.84. The number of rotatable bonds is 0. The highest BCUT2D eigenvalue weighted by molar-refractivity contribution is 7.19. The highest BCUT2D eigenvalue weighted by Gasteiger charge is 2.04. The molecule has 11 heteroatoms. The molecule has 67 heavy (non-hydrogen) atoms. The Morgan fingerprint density at radius 3 is 1.60 bits per heavy atom. The van der Waals surface area contributed by atoms with Gasteiger partial charge in [0.05, 0.1) is 9.72 Å². The van der Waals surface area contributed by atoms with Gasteiger partial charge in [-0.15, -0.1) is 22.7 Å². The summed E-state index contributed by atoms with van der Waals surface area (Å²) < 4.78 is 61.1. The fourth-order valence-electron chi connectivity index (χ4n) is 6.48. The van der Waals surface area contributed by atoms with E-state index in [0.29, 0.717) is 11.0 Å². The van der Waals surface area contributed by atoms with E-state index in [9.17, 15) is 13.2 Å². The fourth-order valence-corrected chi connectivity index (χ4v) is 8.42. The number of thiophene rings is 2. The summed E-state index contributed by atoms with van der Waals surface area (Å²) >= 11 is 9.04. The average molecular weight is 957 g/mol. The SMILES string of the molecule is Cc1cc2c(F)cccc2o1.Cc1cc2cc(F)ccc2o1.Cc1cc2ccccc2o1.Cc1cc2ccccc2s1.Cc1cc2cnccc2o1.Cc1ccc(Cl)s1.Cc1ccc(F)cc1. The van der Waals surface area contributed by atoms with Gasteiger partial charge < -0.3 is 17.7 Å². The third-order valence-electron chi connectivity index (χ3n) is 9.49. The standard InChI is InChI=1S/2C9H7FO.C9H8O.C9H8S.C8H7NO.C7H7F.C5H5ClS/c1-6-4-7-5-8(10)2-3-9(7)11-6;1-6-5-7-8(10)3-2-4-9(7)11-6;2*1-7-6-8-4-2-3-5-9(8)10-7;1-6-4-7-5-9-3-2-8(7)10-6;1-6-2-4-7(8)5-3-6;1-4-2-3-5(6)7-4/h2*2-5H,1H3;2*2-6H,1H3;2-5H,1H3;2-5H,1H3;2-3H,1H3. The first-order chi connectivity index (χ1) is 32.2. The van der Waals surface area contributed by atoms with E-state index >= 15 is 0 Å². The third-order valence-corrected chi connectivity index (χ3v) is 11.7. The largest absolute Gasteiger partial charge is 0.461 e. The molecule has 7 heterocycles. The molecule has 0 saturated carbocycles. The van der Waals surface area contributed by atoms with Crippen LogP contribution in [-0.4, -0.2) is 4.98 Å². The third kappa shape index (κ3) is 15.4. The van der Waals surface area contributed by atoms with Crippen molar-refractivity contribution in [1.29, 1.82) is 0 Å². The van der Waals surface area contributed by atoms with Crippen LogP contribution in [0, 0.1) is 65.9 Å². The van der Waals surface area contributed by atoms with Gasteiger partial charge in [-0.05, 0) is 157 Å². The molecule has 0 N–H and O–H groups in total. The van der Waals surface area contributed by atoms with Gasteiger partial charge in [-0.1, -0.05) is 71.8 Å². The number of aromatic nitrogens is 1. The molecule has 0 amide bonds. The molecule has 0 radical (unpaired) electrons. The molecule has 0 bridgehead atoms. The van der Waals surface area contributed by atoms with Crippen molar-refractivity contribution < 1.29 is 30.8 Å². The van der Waals surface area contributed by atoms with Crippen LogP contribution in [0.15, 0.2) is 188 Å². The van der Waals surface area contributed by atoms with Crippen LogP contribution < -0.4 is 0 Å².